The fourth-order valence-corrected chi connectivity index (χ4v) is 4.15. The van der Waals surface area contributed by atoms with Crippen LogP contribution in [0.2, 0.25) is 0 Å². The van der Waals surface area contributed by atoms with Gasteiger partial charge in [0.25, 0.3) is 11.5 Å². The average Bonchev–Trinajstić information content (AvgIpc) is 3.03. The number of pyridine rings is 1. The van der Waals surface area contributed by atoms with Crippen LogP contribution < -0.4 is 10.9 Å². The van der Waals surface area contributed by atoms with Crippen molar-refractivity contribution >= 4 is 17.2 Å². The minimum atomic E-state index is -0.483. The standard InChI is InChI=1S/C18H17N5O2S/c1-10-21-15-12(6-4-7-14(15)26-10)22-17(24)11-9-20-16(23-18(11)25)13-5-2-3-8-19-13/h2-3,5,8-9,12H,4,6-7H2,1H3,(H,22,24)(H,20,23,25)/t12-/m1/s1. The van der Waals surface area contributed by atoms with Gasteiger partial charge in [-0.25, -0.2) is 9.97 Å². The molecule has 1 atom stereocenters. The number of rotatable bonds is 3. The van der Waals surface area contributed by atoms with Crippen molar-refractivity contribution in [2.75, 3.05) is 0 Å². The van der Waals surface area contributed by atoms with Crippen molar-refractivity contribution in [2.45, 2.75) is 32.2 Å². The Balaban J connectivity index is 1.57. The first-order valence-corrected chi connectivity index (χ1v) is 9.21. The van der Waals surface area contributed by atoms with Gasteiger partial charge in [0.15, 0.2) is 5.82 Å². The lowest BCUT2D eigenvalue weighted by Gasteiger charge is -2.22. The molecule has 2 N–H and O–H groups in total. The molecule has 26 heavy (non-hydrogen) atoms. The number of nitrogens with one attached hydrogen (secondary N) is 2. The molecule has 0 radical (unpaired) electrons. The highest BCUT2D eigenvalue weighted by atomic mass is 32.1. The predicted molar refractivity (Wildman–Crippen MR) is 98.1 cm³/mol. The van der Waals surface area contributed by atoms with E-state index < -0.39 is 11.5 Å². The summed E-state index contributed by atoms with van der Waals surface area (Å²) in [7, 11) is 0. The van der Waals surface area contributed by atoms with Crippen LogP contribution in [0.4, 0.5) is 0 Å². The summed E-state index contributed by atoms with van der Waals surface area (Å²) in [5.74, 6) is -0.1000. The minimum Gasteiger partial charge on any atom is -0.343 e. The molecule has 0 saturated heterocycles. The molecular weight excluding hydrogens is 350 g/mol. The first-order chi connectivity index (χ1) is 12.6. The fraction of sp³-hybridized carbons (Fsp3) is 0.278. The van der Waals surface area contributed by atoms with E-state index in [1.807, 2.05) is 6.92 Å². The number of carbonyl (C=O) groups is 1. The van der Waals surface area contributed by atoms with E-state index in [4.69, 9.17) is 0 Å². The molecule has 8 heteroatoms. The Bertz CT molecular complexity index is 1010. The summed E-state index contributed by atoms with van der Waals surface area (Å²) in [6.07, 6.45) is 5.72. The third kappa shape index (κ3) is 3.15. The molecule has 3 heterocycles. The Kier molecular flexibility index (Phi) is 4.34. The van der Waals surface area contributed by atoms with E-state index in [0.29, 0.717) is 11.5 Å². The Morgan fingerprint density at radius 3 is 3.00 bits per heavy atom. The quantitative estimate of drug-likeness (QED) is 0.740. The van der Waals surface area contributed by atoms with Crippen molar-refractivity contribution in [1.82, 2.24) is 25.3 Å². The highest BCUT2D eigenvalue weighted by Gasteiger charge is 2.26. The smallest absolute Gasteiger partial charge is 0.264 e. The lowest BCUT2D eigenvalue weighted by atomic mass is 9.97. The van der Waals surface area contributed by atoms with Crippen LogP contribution >= 0.6 is 11.3 Å². The number of thiazole rings is 1. The van der Waals surface area contributed by atoms with Crippen LogP contribution in [0.25, 0.3) is 11.5 Å². The molecule has 0 bridgehead atoms. The minimum absolute atomic E-state index is 0.0104. The van der Waals surface area contributed by atoms with Crippen LogP contribution in [0.1, 0.15) is 44.8 Å². The summed E-state index contributed by atoms with van der Waals surface area (Å²) >= 11 is 1.67. The summed E-state index contributed by atoms with van der Waals surface area (Å²) in [5.41, 5.74) is 0.987. The van der Waals surface area contributed by atoms with E-state index in [9.17, 15) is 9.59 Å². The first kappa shape index (κ1) is 16.6. The Morgan fingerprint density at radius 2 is 2.23 bits per heavy atom. The Hall–Kier alpha value is -2.87. The van der Waals surface area contributed by atoms with Crippen molar-refractivity contribution in [1.29, 1.82) is 0 Å². The van der Waals surface area contributed by atoms with Gasteiger partial charge in [-0.1, -0.05) is 6.07 Å². The SMILES string of the molecule is Cc1nc2c(s1)CCC[C@H]2NC(=O)c1cnc(-c2ccccn2)[nH]c1=O. The van der Waals surface area contributed by atoms with Crippen LogP contribution in [0.3, 0.4) is 0 Å². The van der Waals surface area contributed by atoms with Gasteiger partial charge < -0.3 is 10.3 Å². The first-order valence-electron chi connectivity index (χ1n) is 8.39. The summed E-state index contributed by atoms with van der Waals surface area (Å²) in [5, 5.41) is 3.93. The largest absolute Gasteiger partial charge is 0.343 e. The number of hydrogen-bond donors (Lipinski definition) is 2. The summed E-state index contributed by atoms with van der Waals surface area (Å²) in [6.45, 7) is 1.97. The molecule has 0 aromatic carbocycles. The van der Waals surface area contributed by atoms with Crippen molar-refractivity contribution in [3.63, 3.8) is 0 Å². The zero-order valence-corrected chi connectivity index (χ0v) is 15.0. The molecule has 1 amide bonds. The van der Waals surface area contributed by atoms with Gasteiger partial charge in [-0.3, -0.25) is 14.6 Å². The van der Waals surface area contributed by atoms with Crippen LogP contribution in [0.15, 0.2) is 35.4 Å². The number of amides is 1. The van der Waals surface area contributed by atoms with Gasteiger partial charge in [0.05, 0.1) is 16.7 Å². The fourth-order valence-electron chi connectivity index (χ4n) is 3.11. The zero-order valence-electron chi connectivity index (χ0n) is 14.2. The molecule has 1 aliphatic carbocycles. The van der Waals surface area contributed by atoms with E-state index in [2.05, 4.69) is 25.3 Å². The van der Waals surface area contributed by atoms with Gasteiger partial charge in [0.1, 0.15) is 11.3 Å². The van der Waals surface area contributed by atoms with Gasteiger partial charge in [-0.05, 0) is 38.3 Å². The molecule has 132 valence electrons. The lowest BCUT2D eigenvalue weighted by molar-refractivity contribution is 0.0930. The van der Waals surface area contributed by atoms with Crippen molar-refractivity contribution in [3.8, 4) is 11.5 Å². The second-order valence-electron chi connectivity index (χ2n) is 6.15. The topological polar surface area (TPSA) is 101 Å². The molecule has 7 nitrogen and oxygen atoms in total. The van der Waals surface area contributed by atoms with Gasteiger partial charge in [-0.2, -0.15) is 0 Å². The highest BCUT2D eigenvalue weighted by molar-refractivity contribution is 7.11. The summed E-state index contributed by atoms with van der Waals surface area (Å²) < 4.78 is 0. The number of aromatic amines is 1. The molecule has 0 spiro atoms. The van der Waals surface area contributed by atoms with Gasteiger partial charge in [-0.15, -0.1) is 11.3 Å². The molecule has 3 aromatic rings. The van der Waals surface area contributed by atoms with Crippen LogP contribution in [0, 0.1) is 6.92 Å². The molecule has 0 saturated carbocycles. The van der Waals surface area contributed by atoms with Crippen molar-refractivity contribution < 1.29 is 4.79 Å². The van der Waals surface area contributed by atoms with E-state index in [-0.39, 0.29) is 11.6 Å². The second-order valence-corrected chi connectivity index (χ2v) is 7.44. The number of fused-ring (bicyclic) bond motifs is 1. The monoisotopic (exact) mass is 367 g/mol. The van der Waals surface area contributed by atoms with Crippen LogP contribution in [-0.2, 0) is 6.42 Å². The molecule has 4 rings (SSSR count). The van der Waals surface area contributed by atoms with Crippen molar-refractivity contribution in [3.05, 3.63) is 62.1 Å². The van der Waals surface area contributed by atoms with E-state index in [1.54, 1.807) is 35.7 Å². The zero-order chi connectivity index (χ0) is 18.1. The maximum absolute atomic E-state index is 12.6. The number of nitrogens with zero attached hydrogens (tertiary/aromatic N) is 3. The van der Waals surface area contributed by atoms with E-state index in [0.717, 1.165) is 30.0 Å². The van der Waals surface area contributed by atoms with Crippen molar-refractivity contribution in [2.24, 2.45) is 0 Å². The number of aryl methyl sites for hydroxylation is 2. The van der Waals surface area contributed by atoms with E-state index >= 15 is 0 Å². The number of H-pyrrole nitrogens is 1. The normalized spacial score (nSPS) is 16.1. The summed E-state index contributed by atoms with van der Waals surface area (Å²) in [6, 6.07) is 5.17. The molecular formula is C18H17N5O2S. The van der Waals surface area contributed by atoms with Crippen LogP contribution in [-0.4, -0.2) is 25.8 Å². The Morgan fingerprint density at radius 1 is 1.35 bits per heavy atom. The van der Waals surface area contributed by atoms with Gasteiger partial charge in [0.2, 0.25) is 0 Å². The molecule has 1 aliphatic rings. The molecule has 3 aromatic heterocycles. The van der Waals surface area contributed by atoms with Crippen LogP contribution in [0.5, 0.6) is 0 Å². The number of aromatic nitrogens is 4. The average molecular weight is 367 g/mol. The highest BCUT2D eigenvalue weighted by Crippen LogP contribution is 2.33. The maximum Gasteiger partial charge on any atom is 0.264 e. The predicted octanol–water partition coefficient (Wildman–Crippen LogP) is 2.40. The number of hydrogen-bond acceptors (Lipinski definition) is 6. The molecule has 0 aliphatic heterocycles. The van der Waals surface area contributed by atoms with Gasteiger partial charge in [0, 0.05) is 17.3 Å². The Labute approximate surface area is 153 Å². The number of carbonyl (C=O) groups excluding carboxylic acids is 1. The van der Waals surface area contributed by atoms with E-state index in [1.165, 1.54) is 11.1 Å². The third-order valence-electron chi connectivity index (χ3n) is 4.32. The third-order valence-corrected chi connectivity index (χ3v) is 5.36. The molecule has 0 unspecified atom stereocenters. The summed E-state index contributed by atoms with van der Waals surface area (Å²) in [4.78, 5) is 41.7. The maximum atomic E-state index is 12.6. The molecule has 0 fully saturated rings. The second kappa shape index (κ2) is 6.80. The van der Waals surface area contributed by atoms with Gasteiger partial charge >= 0.3 is 0 Å². The lowest BCUT2D eigenvalue weighted by Crippen LogP contribution is -2.34.